The van der Waals surface area contributed by atoms with Gasteiger partial charge in [-0.15, -0.1) is 11.3 Å². The summed E-state index contributed by atoms with van der Waals surface area (Å²) >= 11 is 1.28. The third-order valence-electron chi connectivity index (χ3n) is 5.35. The van der Waals surface area contributed by atoms with E-state index >= 15 is 0 Å². The van der Waals surface area contributed by atoms with E-state index in [1.807, 2.05) is 32.2 Å². The minimum absolute atomic E-state index is 0.139. The zero-order valence-electron chi connectivity index (χ0n) is 19.0. The van der Waals surface area contributed by atoms with E-state index in [1.54, 1.807) is 10.8 Å². The predicted octanol–water partition coefficient (Wildman–Crippen LogP) is 2.88. The van der Waals surface area contributed by atoms with Gasteiger partial charge in [-0.1, -0.05) is 13.8 Å². The van der Waals surface area contributed by atoms with Crippen molar-refractivity contribution in [3.8, 4) is 5.75 Å². The van der Waals surface area contributed by atoms with Gasteiger partial charge in [0.2, 0.25) is 0 Å². The molecule has 1 N–H and O–H groups in total. The van der Waals surface area contributed by atoms with Gasteiger partial charge < -0.3 is 9.72 Å². The molecule has 4 heterocycles. The molecule has 0 aliphatic heterocycles. The molecule has 0 aliphatic carbocycles. The van der Waals surface area contributed by atoms with Gasteiger partial charge in [0, 0.05) is 44.8 Å². The monoisotopic (exact) mass is 471 g/mol. The fraction of sp³-hybridized carbons (Fsp3) is 0.364. The number of carbonyl (C=O) groups is 1. The van der Waals surface area contributed by atoms with Crippen LogP contribution in [-0.4, -0.2) is 44.4 Å². The first-order valence-electron chi connectivity index (χ1n) is 10.4. The number of nitrogens with one attached hydrogen (secondary N) is 1. The van der Waals surface area contributed by atoms with Crippen LogP contribution in [0.3, 0.4) is 0 Å². The van der Waals surface area contributed by atoms with Gasteiger partial charge in [0.15, 0.2) is 5.75 Å². The summed E-state index contributed by atoms with van der Waals surface area (Å²) in [5.74, 6) is 0.305. The molecule has 0 aliphatic rings. The van der Waals surface area contributed by atoms with Crippen LogP contribution in [0.25, 0.3) is 21.3 Å². The molecule has 0 radical (unpaired) electrons. The van der Waals surface area contributed by atoms with Crippen molar-refractivity contribution in [2.75, 3.05) is 14.2 Å². The van der Waals surface area contributed by atoms with E-state index in [4.69, 9.17) is 9.57 Å². The quantitative estimate of drug-likeness (QED) is 0.433. The molecular weight excluding hydrogens is 446 g/mol. The number of amides is 1. The molecule has 174 valence electrons. The van der Waals surface area contributed by atoms with Gasteiger partial charge >= 0.3 is 11.8 Å². The van der Waals surface area contributed by atoms with Gasteiger partial charge in [-0.2, -0.15) is 5.06 Å². The molecule has 1 amide bonds. The van der Waals surface area contributed by atoms with Gasteiger partial charge in [0.1, 0.15) is 15.9 Å². The number of aromatic nitrogens is 4. The number of nitrogens with zero attached hydrogens (tertiary/aromatic N) is 4. The van der Waals surface area contributed by atoms with Crippen LogP contribution in [0.2, 0.25) is 0 Å². The van der Waals surface area contributed by atoms with Crippen LogP contribution >= 0.6 is 11.3 Å². The normalized spacial score (nSPS) is 11.6. The fourth-order valence-corrected chi connectivity index (χ4v) is 4.90. The van der Waals surface area contributed by atoms with E-state index in [2.05, 4.69) is 9.97 Å². The zero-order chi connectivity index (χ0) is 23.9. The highest BCUT2D eigenvalue weighted by Gasteiger charge is 2.26. The lowest BCUT2D eigenvalue weighted by Gasteiger charge is -2.14. The Hall–Kier alpha value is -3.44. The summed E-state index contributed by atoms with van der Waals surface area (Å²) in [6, 6.07) is 3.79. The first-order valence-corrected chi connectivity index (χ1v) is 11.2. The number of carbonyl (C=O) groups excluding carboxylic acids is 1. The minimum atomic E-state index is -0.775. The summed E-state index contributed by atoms with van der Waals surface area (Å²) in [7, 11) is 4.18. The second kappa shape index (κ2) is 8.83. The van der Waals surface area contributed by atoms with Crippen molar-refractivity contribution in [1.82, 2.24) is 24.2 Å². The van der Waals surface area contributed by atoms with Crippen LogP contribution in [0.4, 0.5) is 4.79 Å². The number of H-pyrrole nitrogens is 1. The molecule has 0 saturated heterocycles. The second-order valence-electron chi connectivity index (χ2n) is 8.12. The van der Waals surface area contributed by atoms with Crippen molar-refractivity contribution in [3.05, 3.63) is 55.8 Å². The molecule has 0 bridgehead atoms. The van der Waals surface area contributed by atoms with Crippen LogP contribution < -0.4 is 16.0 Å². The molecule has 4 aromatic heterocycles. The molecule has 4 rings (SSSR count). The third-order valence-corrected chi connectivity index (χ3v) is 6.55. The molecule has 10 nitrogen and oxygen atoms in total. The van der Waals surface area contributed by atoms with Gasteiger partial charge in [0.05, 0.1) is 12.0 Å². The number of thiophene rings is 1. The van der Waals surface area contributed by atoms with Crippen molar-refractivity contribution >= 4 is 38.7 Å². The van der Waals surface area contributed by atoms with E-state index in [0.29, 0.717) is 22.7 Å². The molecular formula is C22H25N5O5S. The number of pyridine rings is 1. The Morgan fingerprint density at radius 2 is 2.09 bits per heavy atom. The number of hydrogen-bond acceptors (Lipinski definition) is 7. The third kappa shape index (κ3) is 4.05. The number of ether oxygens (including phenoxy) is 1. The average molecular weight is 472 g/mol. The topological polar surface area (TPSA) is 111 Å². The van der Waals surface area contributed by atoms with Crippen molar-refractivity contribution in [2.24, 2.45) is 13.0 Å². The predicted molar refractivity (Wildman–Crippen MR) is 126 cm³/mol. The van der Waals surface area contributed by atoms with Crippen LogP contribution in [0.1, 0.15) is 24.3 Å². The fourth-order valence-electron chi connectivity index (χ4n) is 3.66. The van der Waals surface area contributed by atoms with E-state index in [0.717, 1.165) is 26.2 Å². The Balaban J connectivity index is 1.97. The molecule has 33 heavy (non-hydrogen) atoms. The average Bonchev–Trinajstić information content (AvgIpc) is 3.36. The number of fused-ring (bicyclic) bond motifs is 2. The van der Waals surface area contributed by atoms with Crippen molar-refractivity contribution in [2.45, 2.75) is 26.8 Å². The SMILES string of the molecule is CON(C)C(=O)Oc1c(Cc2c[nH]c3ncccc23)sc2c1c(=O)n(C)c(=O)n2CC(C)C. The molecule has 0 atom stereocenters. The molecule has 0 fully saturated rings. The van der Waals surface area contributed by atoms with E-state index < -0.39 is 17.3 Å². The first-order chi connectivity index (χ1) is 15.7. The van der Waals surface area contributed by atoms with Crippen molar-refractivity contribution in [3.63, 3.8) is 0 Å². The van der Waals surface area contributed by atoms with Gasteiger partial charge in [-0.3, -0.25) is 18.8 Å². The highest BCUT2D eigenvalue weighted by Crippen LogP contribution is 2.38. The summed E-state index contributed by atoms with van der Waals surface area (Å²) in [6.45, 7) is 4.41. The Morgan fingerprint density at radius 3 is 2.79 bits per heavy atom. The van der Waals surface area contributed by atoms with E-state index in [1.165, 1.54) is 32.5 Å². The summed E-state index contributed by atoms with van der Waals surface area (Å²) in [6.07, 6.45) is 3.14. The molecule has 0 spiro atoms. The van der Waals surface area contributed by atoms with Crippen molar-refractivity contribution in [1.29, 1.82) is 0 Å². The van der Waals surface area contributed by atoms with Gasteiger partial charge in [0.25, 0.3) is 5.56 Å². The lowest BCUT2D eigenvalue weighted by molar-refractivity contribution is -0.0789. The molecule has 11 heteroatoms. The highest BCUT2D eigenvalue weighted by atomic mass is 32.1. The lowest BCUT2D eigenvalue weighted by Crippen LogP contribution is -2.38. The number of hydrogen-bond donors (Lipinski definition) is 1. The summed E-state index contributed by atoms with van der Waals surface area (Å²) in [4.78, 5) is 52.2. The summed E-state index contributed by atoms with van der Waals surface area (Å²) in [5, 5.41) is 2.06. The Labute approximate surface area is 192 Å². The Morgan fingerprint density at radius 1 is 1.33 bits per heavy atom. The summed E-state index contributed by atoms with van der Waals surface area (Å²) in [5.41, 5.74) is 0.744. The maximum atomic E-state index is 13.2. The maximum Gasteiger partial charge on any atom is 0.439 e. The Kier molecular flexibility index (Phi) is 6.09. The first kappa shape index (κ1) is 22.7. The standard InChI is InChI=1S/C22H25N5O5S/c1-12(2)11-27-20-16(19(28)25(3)21(27)29)17(32-22(30)26(4)31-5)15(33-20)9-13-10-24-18-14(13)7-6-8-23-18/h6-8,10,12H,9,11H2,1-5H3,(H,23,24). The molecule has 0 unspecified atom stereocenters. The van der Waals surface area contributed by atoms with E-state index in [-0.39, 0.29) is 17.1 Å². The van der Waals surface area contributed by atoms with Crippen LogP contribution in [0, 0.1) is 5.92 Å². The van der Waals surface area contributed by atoms with Crippen LogP contribution in [-0.2, 0) is 24.9 Å². The number of hydroxylamine groups is 2. The smallest absolute Gasteiger partial charge is 0.407 e. The molecule has 0 aromatic carbocycles. The summed E-state index contributed by atoms with van der Waals surface area (Å²) < 4.78 is 8.29. The number of rotatable bonds is 6. The maximum absolute atomic E-state index is 13.2. The van der Waals surface area contributed by atoms with Crippen LogP contribution in [0.15, 0.2) is 34.1 Å². The highest BCUT2D eigenvalue weighted by molar-refractivity contribution is 7.19. The zero-order valence-corrected chi connectivity index (χ0v) is 19.9. The van der Waals surface area contributed by atoms with E-state index in [9.17, 15) is 14.4 Å². The van der Waals surface area contributed by atoms with Crippen molar-refractivity contribution < 1.29 is 14.4 Å². The lowest BCUT2D eigenvalue weighted by atomic mass is 10.1. The number of aromatic amines is 1. The van der Waals surface area contributed by atoms with Gasteiger partial charge in [-0.25, -0.2) is 14.6 Å². The minimum Gasteiger partial charge on any atom is -0.407 e. The second-order valence-corrected chi connectivity index (χ2v) is 9.21. The van der Waals surface area contributed by atoms with Crippen LogP contribution in [0.5, 0.6) is 5.75 Å². The largest absolute Gasteiger partial charge is 0.439 e. The molecule has 0 saturated carbocycles. The molecule has 4 aromatic rings. The Bertz CT molecular complexity index is 1460. The van der Waals surface area contributed by atoms with Gasteiger partial charge in [-0.05, 0) is 23.6 Å².